The Morgan fingerprint density at radius 2 is 2.12 bits per heavy atom. The Balaban J connectivity index is 2.04. The van der Waals surface area contributed by atoms with E-state index >= 15 is 0 Å². The smallest absolute Gasteiger partial charge is 0.0895 e. The van der Waals surface area contributed by atoms with E-state index in [-0.39, 0.29) is 5.41 Å². The number of thioether (sulfide) groups is 1. The molecule has 2 saturated heterocycles. The van der Waals surface area contributed by atoms with Crippen molar-refractivity contribution in [2.75, 3.05) is 18.1 Å². The second kappa shape index (κ2) is 5.10. The lowest BCUT2D eigenvalue weighted by molar-refractivity contribution is -0.0286. The van der Waals surface area contributed by atoms with Crippen LogP contribution in [-0.4, -0.2) is 34.8 Å². The van der Waals surface area contributed by atoms with Gasteiger partial charge in [-0.3, -0.25) is 0 Å². The zero-order valence-electron chi connectivity index (χ0n) is 11.5. The van der Waals surface area contributed by atoms with Crippen LogP contribution in [0.1, 0.15) is 46.5 Å². The van der Waals surface area contributed by atoms with E-state index < -0.39 is 5.60 Å². The predicted molar refractivity (Wildman–Crippen MR) is 75.5 cm³/mol. The monoisotopic (exact) mass is 257 g/mol. The first-order valence-electron chi connectivity index (χ1n) is 6.99. The van der Waals surface area contributed by atoms with Gasteiger partial charge in [-0.25, -0.2) is 0 Å². The predicted octanol–water partition coefficient (Wildman–Crippen LogP) is 2.66. The van der Waals surface area contributed by atoms with E-state index in [4.69, 9.17) is 0 Å². The molecule has 0 saturated carbocycles. The van der Waals surface area contributed by atoms with Crippen molar-refractivity contribution >= 4 is 11.8 Å². The first kappa shape index (κ1) is 13.7. The lowest BCUT2D eigenvalue weighted by atomic mass is 9.74. The topological polar surface area (TPSA) is 32.3 Å². The molecule has 2 nitrogen and oxygen atoms in total. The number of nitrogens with one attached hydrogen (secondary N) is 1. The van der Waals surface area contributed by atoms with Crippen LogP contribution in [0.2, 0.25) is 0 Å². The molecule has 2 N–H and O–H groups in total. The van der Waals surface area contributed by atoms with E-state index in [0.29, 0.717) is 6.04 Å². The van der Waals surface area contributed by atoms with E-state index in [2.05, 4.69) is 26.1 Å². The molecule has 0 aliphatic carbocycles. The highest BCUT2D eigenvalue weighted by molar-refractivity contribution is 7.99. The molecule has 0 radical (unpaired) electrons. The maximum absolute atomic E-state index is 11.0. The van der Waals surface area contributed by atoms with Crippen LogP contribution in [0.5, 0.6) is 0 Å². The molecule has 0 bridgehead atoms. The Bertz CT molecular complexity index is 269. The fourth-order valence-electron chi connectivity index (χ4n) is 3.43. The Morgan fingerprint density at radius 1 is 1.35 bits per heavy atom. The van der Waals surface area contributed by atoms with Gasteiger partial charge in [0.15, 0.2) is 0 Å². The molecule has 3 unspecified atom stereocenters. The molecule has 3 heteroatoms. The number of hydrogen-bond acceptors (Lipinski definition) is 3. The van der Waals surface area contributed by atoms with Gasteiger partial charge in [0.2, 0.25) is 0 Å². The zero-order valence-corrected chi connectivity index (χ0v) is 12.3. The van der Waals surface area contributed by atoms with Crippen molar-refractivity contribution in [2.24, 2.45) is 11.3 Å². The highest BCUT2D eigenvalue weighted by Gasteiger charge is 2.45. The molecular formula is C14H27NOS. The van der Waals surface area contributed by atoms with E-state index in [9.17, 15) is 5.11 Å². The van der Waals surface area contributed by atoms with Crippen molar-refractivity contribution < 1.29 is 5.11 Å². The summed E-state index contributed by atoms with van der Waals surface area (Å²) in [5, 5.41) is 14.5. The SMILES string of the molecule is CCC1CCNC(C2(O)CSCC(C)(C)C2)C1. The molecule has 2 heterocycles. The molecule has 0 aromatic carbocycles. The summed E-state index contributed by atoms with van der Waals surface area (Å²) in [5.74, 6) is 2.89. The second-order valence-corrected chi connectivity index (χ2v) is 7.73. The summed E-state index contributed by atoms with van der Waals surface area (Å²) in [7, 11) is 0. The Kier molecular flexibility index (Phi) is 4.11. The normalized spacial score (nSPS) is 42.4. The summed E-state index contributed by atoms with van der Waals surface area (Å²) >= 11 is 1.92. The van der Waals surface area contributed by atoms with Crippen molar-refractivity contribution in [3.05, 3.63) is 0 Å². The van der Waals surface area contributed by atoms with Gasteiger partial charge < -0.3 is 10.4 Å². The van der Waals surface area contributed by atoms with Gasteiger partial charge in [0.05, 0.1) is 5.60 Å². The minimum atomic E-state index is -0.486. The van der Waals surface area contributed by atoms with Gasteiger partial charge in [0, 0.05) is 11.8 Å². The summed E-state index contributed by atoms with van der Waals surface area (Å²) in [4.78, 5) is 0. The third kappa shape index (κ3) is 3.18. The first-order valence-corrected chi connectivity index (χ1v) is 8.14. The maximum atomic E-state index is 11.0. The molecule has 2 aliphatic rings. The van der Waals surface area contributed by atoms with E-state index in [1.54, 1.807) is 0 Å². The van der Waals surface area contributed by atoms with Crippen LogP contribution >= 0.6 is 11.8 Å². The van der Waals surface area contributed by atoms with E-state index in [1.165, 1.54) is 18.6 Å². The highest BCUT2D eigenvalue weighted by Crippen LogP contribution is 2.42. The Labute approximate surface area is 110 Å². The first-order chi connectivity index (χ1) is 7.95. The van der Waals surface area contributed by atoms with Gasteiger partial charge in [0.25, 0.3) is 0 Å². The summed E-state index contributed by atoms with van der Waals surface area (Å²) in [6.07, 6.45) is 4.63. The molecule has 0 aromatic rings. The summed E-state index contributed by atoms with van der Waals surface area (Å²) in [6, 6.07) is 0.313. The average molecular weight is 257 g/mol. The minimum Gasteiger partial charge on any atom is -0.387 e. The van der Waals surface area contributed by atoms with Crippen LogP contribution < -0.4 is 5.32 Å². The van der Waals surface area contributed by atoms with Crippen molar-refractivity contribution in [3.8, 4) is 0 Å². The van der Waals surface area contributed by atoms with Gasteiger partial charge in [0.1, 0.15) is 0 Å². The lowest BCUT2D eigenvalue weighted by Gasteiger charge is -2.48. The average Bonchev–Trinajstić information content (AvgIpc) is 2.27. The minimum absolute atomic E-state index is 0.276. The molecule has 17 heavy (non-hydrogen) atoms. The summed E-state index contributed by atoms with van der Waals surface area (Å²) in [6.45, 7) is 7.92. The number of piperidine rings is 1. The van der Waals surface area contributed by atoms with Crippen LogP contribution in [0, 0.1) is 11.3 Å². The third-order valence-electron chi connectivity index (χ3n) is 4.37. The molecule has 2 aliphatic heterocycles. The fraction of sp³-hybridized carbons (Fsp3) is 1.00. The van der Waals surface area contributed by atoms with Crippen LogP contribution in [0.4, 0.5) is 0 Å². The molecule has 3 atom stereocenters. The molecule has 100 valence electrons. The molecule has 0 aromatic heterocycles. The fourth-order valence-corrected chi connectivity index (χ4v) is 4.85. The Morgan fingerprint density at radius 3 is 2.76 bits per heavy atom. The van der Waals surface area contributed by atoms with E-state index in [0.717, 1.165) is 31.1 Å². The molecule has 2 rings (SSSR count). The van der Waals surface area contributed by atoms with Crippen molar-refractivity contribution in [1.29, 1.82) is 0 Å². The van der Waals surface area contributed by atoms with Gasteiger partial charge in [-0.05, 0) is 42.9 Å². The highest BCUT2D eigenvalue weighted by atomic mass is 32.2. The third-order valence-corrected chi connectivity index (χ3v) is 6.06. The molecule has 0 amide bonds. The van der Waals surface area contributed by atoms with Gasteiger partial charge in [-0.1, -0.05) is 27.2 Å². The van der Waals surface area contributed by atoms with Crippen LogP contribution in [-0.2, 0) is 0 Å². The van der Waals surface area contributed by atoms with Gasteiger partial charge >= 0.3 is 0 Å². The molecule has 0 spiro atoms. The van der Waals surface area contributed by atoms with Gasteiger partial charge in [-0.2, -0.15) is 11.8 Å². The maximum Gasteiger partial charge on any atom is 0.0895 e. The Hall–Kier alpha value is 0.270. The number of aliphatic hydroxyl groups is 1. The van der Waals surface area contributed by atoms with Gasteiger partial charge in [-0.15, -0.1) is 0 Å². The second-order valence-electron chi connectivity index (χ2n) is 6.74. The van der Waals surface area contributed by atoms with Crippen molar-refractivity contribution in [3.63, 3.8) is 0 Å². The largest absolute Gasteiger partial charge is 0.387 e. The van der Waals surface area contributed by atoms with E-state index in [1.807, 2.05) is 11.8 Å². The molecule has 2 fully saturated rings. The summed E-state index contributed by atoms with van der Waals surface area (Å²) < 4.78 is 0. The number of hydrogen-bond donors (Lipinski definition) is 2. The van der Waals surface area contributed by atoms with Crippen LogP contribution in [0.15, 0.2) is 0 Å². The lowest BCUT2D eigenvalue weighted by Crippen LogP contribution is -2.59. The van der Waals surface area contributed by atoms with Crippen molar-refractivity contribution in [2.45, 2.75) is 58.1 Å². The molecular weight excluding hydrogens is 230 g/mol. The zero-order chi connectivity index (χ0) is 12.5. The number of rotatable bonds is 2. The van der Waals surface area contributed by atoms with Crippen molar-refractivity contribution in [1.82, 2.24) is 5.32 Å². The van der Waals surface area contributed by atoms with Crippen LogP contribution in [0.25, 0.3) is 0 Å². The standard InChI is InChI=1S/C14H27NOS/c1-4-11-5-6-15-12(7-11)14(16)8-13(2,3)9-17-10-14/h11-12,15-16H,4-10H2,1-3H3. The van der Waals surface area contributed by atoms with Crippen LogP contribution in [0.3, 0.4) is 0 Å². The quantitative estimate of drug-likeness (QED) is 0.798. The summed E-state index contributed by atoms with van der Waals surface area (Å²) in [5.41, 5.74) is -0.210.